The minimum atomic E-state index is 0.121. The van der Waals surface area contributed by atoms with Crippen LogP contribution in [0.2, 0.25) is 0 Å². The Bertz CT molecular complexity index is 1150. The minimum absolute atomic E-state index is 0.121. The average Bonchev–Trinajstić information content (AvgIpc) is 3.28. The largest absolute Gasteiger partial charge is 0.357 e. The van der Waals surface area contributed by atoms with Crippen molar-refractivity contribution in [1.82, 2.24) is 19.4 Å². The molecule has 1 atom stereocenters. The SMILES string of the molecule is Cc1ccc2c(c1)cc(C(=O)N1CCCC(c3cc4ncccc4[nH]3)C1)n2C. The maximum atomic E-state index is 13.3. The van der Waals surface area contributed by atoms with Gasteiger partial charge < -0.3 is 14.5 Å². The number of hydrogen-bond acceptors (Lipinski definition) is 2. The number of nitrogens with zero attached hydrogens (tertiary/aromatic N) is 3. The zero-order chi connectivity index (χ0) is 19.3. The molecular formula is C23H24N4O. The van der Waals surface area contributed by atoms with E-state index in [1.165, 1.54) is 11.3 Å². The molecule has 5 nitrogen and oxygen atoms in total. The van der Waals surface area contributed by atoms with Crippen molar-refractivity contribution in [3.63, 3.8) is 0 Å². The number of carbonyl (C=O) groups is 1. The van der Waals surface area contributed by atoms with E-state index >= 15 is 0 Å². The number of amides is 1. The van der Waals surface area contributed by atoms with Gasteiger partial charge in [-0.2, -0.15) is 0 Å². The highest BCUT2D eigenvalue weighted by Gasteiger charge is 2.28. The van der Waals surface area contributed by atoms with Crippen LogP contribution in [0.1, 0.15) is 40.5 Å². The quantitative estimate of drug-likeness (QED) is 0.568. The van der Waals surface area contributed by atoms with Crippen molar-refractivity contribution in [3.8, 4) is 0 Å². The van der Waals surface area contributed by atoms with E-state index in [0.29, 0.717) is 5.92 Å². The Hall–Kier alpha value is -3.08. The number of rotatable bonds is 2. The molecule has 0 saturated carbocycles. The lowest BCUT2D eigenvalue weighted by molar-refractivity contribution is 0.0697. The Balaban J connectivity index is 1.43. The fraction of sp³-hybridized carbons (Fsp3) is 0.304. The Morgan fingerprint density at radius 1 is 1.21 bits per heavy atom. The second kappa shape index (κ2) is 6.51. The molecule has 142 valence electrons. The Morgan fingerprint density at radius 2 is 2.11 bits per heavy atom. The van der Waals surface area contributed by atoms with Gasteiger partial charge in [0.15, 0.2) is 0 Å². The van der Waals surface area contributed by atoms with E-state index in [-0.39, 0.29) is 5.91 Å². The van der Waals surface area contributed by atoms with E-state index in [2.05, 4.69) is 47.2 Å². The monoisotopic (exact) mass is 372 g/mol. The lowest BCUT2D eigenvalue weighted by Crippen LogP contribution is -2.39. The molecule has 28 heavy (non-hydrogen) atoms. The third kappa shape index (κ3) is 2.78. The van der Waals surface area contributed by atoms with Crippen LogP contribution in [0.5, 0.6) is 0 Å². The van der Waals surface area contributed by atoms with Gasteiger partial charge in [0.1, 0.15) is 5.69 Å². The van der Waals surface area contributed by atoms with Crippen molar-refractivity contribution in [1.29, 1.82) is 0 Å². The summed E-state index contributed by atoms with van der Waals surface area (Å²) in [4.78, 5) is 23.2. The molecule has 0 aliphatic carbocycles. The summed E-state index contributed by atoms with van der Waals surface area (Å²) in [5, 5.41) is 1.13. The van der Waals surface area contributed by atoms with Gasteiger partial charge in [-0.25, -0.2) is 0 Å². The Labute approximate surface area is 164 Å². The van der Waals surface area contributed by atoms with Crippen LogP contribution >= 0.6 is 0 Å². The molecule has 0 bridgehead atoms. The van der Waals surface area contributed by atoms with Crippen LogP contribution in [0.15, 0.2) is 48.7 Å². The standard InChI is InChI=1S/C23H24N4O/c1-15-7-8-21-17(11-15)12-22(26(21)2)23(28)27-10-4-5-16(14-27)19-13-20-18(25-19)6-3-9-24-20/h3,6-9,11-13,16,25H,4-5,10,14H2,1-2H3. The summed E-state index contributed by atoms with van der Waals surface area (Å²) in [6.07, 6.45) is 3.92. The van der Waals surface area contributed by atoms with E-state index < -0.39 is 0 Å². The third-order valence-electron chi connectivity index (χ3n) is 5.98. The normalized spacial score (nSPS) is 17.5. The summed E-state index contributed by atoms with van der Waals surface area (Å²) in [5.41, 5.74) is 6.31. The molecule has 1 fully saturated rings. The van der Waals surface area contributed by atoms with Crippen LogP contribution in [-0.4, -0.2) is 38.4 Å². The van der Waals surface area contributed by atoms with E-state index in [4.69, 9.17) is 0 Å². The summed E-state index contributed by atoms with van der Waals surface area (Å²) < 4.78 is 2.02. The van der Waals surface area contributed by atoms with Crippen LogP contribution in [0.4, 0.5) is 0 Å². The van der Waals surface area contributed by atoms with Crippen LogP contribution < -0.4 is 0 Å². The molecule has 0 spiro atoms. The summed E-state index contributed by atoms with van der Waals surface area (Å²) in [7, 11) is 1.98. The number of piperidine rings is 1. The Morgan fingerprint density at radius 3 is 2.96 bits per heavy atom. The first-order valence-electron chi connectivity index (χ1n) is 9.89. The number of benzene rings is 1. The second-order valence-electron chi connectivity index (χ2n) is 7.90. The minimum Gasteiger partial charge on any atom is -0.357 e. The van der Waals surface area contributed by atoms with Gasteiger partial charge in [-0.3, -0.25) is 9.78 Å². The second-order valence-corrected chi connectivity index (χ2v) is 7.90. The highest BCUT2D eigenvalue weighted by atomic mass is 16.2. The molecule has 0 radical (unpaired) electrons. The number of nitrogens with one attached hydrogen (secondary N) is 1. The lowest BCUT2D eigenvalue weighted by Gasteiger charge is -2.32. The van der Waals surface area contributed by atoms with E-state index in [0.717, 1.165) is 53.6 Å². The van der Waals surface area contributed by atoms with E-state index in [1.807, 2.05) is 34.8 Å². The van der Waals surface area contributed by atoms with E-state index in [9.17, 15) is 4.79 Å². The number of hydrogen-bond donors (Lipinski definition) is 1. The van der Waals surface area contributed by atoms with Gasteiger partial charge in [-0.15, -0.1) is 0 Å². The zero-order valence-electron chi connectivity index (χ0n) is 16.3. The number of H-pyrrole nitrogens is 1. The molecule has 4 heterocycles. The Kier molecular flexibility index (Phi) is 3.97. The maximum absolute atomic E-state index is 13.3. The fourth-order valence-electron chi connectivity index (χ4n) is 4.45. The van der Waals surface area contributed by atoms with Crippen molar-refractivity contribution in [3.05, 3.63) is 65.6 Å². The molecule has 1 amide bonds. The van der Waals surface area contributed by atoms with Crippen molar-refractivity contribution in [2.24, 2.45) is 7.05 Å². The van der Waals surface area contributed by atoms with Gasteiger partial charge in [0.25, 0.3) is 5.91 Å². The number of carbonyl (C=O) groups excluding carboxylic acids is 1. The predicted octanol–water partition coefficient (Wildman–Crippen LogP) is 4.38. The lowest BCUT2D eigenvalue weighted by atomic mass is 9.94. The molecule has 1 aromatic carbocycles. The third-order valence-corrected chi connectivity index (χ3v) is 5.98. The smallest absolute Gasteiger partial charge is 0.270 e. The van der Waals surface area contributed by atoms with Crippen LogP contribution in [-0.2, 0) is 7.05 Å². The van der Waals surface area contributed by atoms with Crippen molar-refractivity contribution in [2.75, 3.05) is 13.1 Å². The summed E-state index contributed by atoms with van der Waals surface area (Å²) in [5.74, 6) is 0.444. The predicted molar refractivity (Wildman–Crippen MR) is 112 cm³/mol. The van der Waals surface area contributed by atoms with Gasteiger partial charge in [0.2, 0.25) is 0 Å². The first-order valence-corrected chi connectivity index (χ1v) is 9.89. The van der Waals surface area contributed by atoms with Crippen LogP contribution in [0.25, 0.3) is 21.9 Å². The topological polar surface area (TPSA) is 53.9 Å². The van der Waals surface area contributed by atoms with Crippen LogP contribution in [0.3, 0.4) is 0 Å². The summed E-state index contributed by atoms with van der Waals surface area (Å²) in [6, 6.07) is 14.5. The summed E-state index contributed by atoms with van der Waals surface area (Å²) >= 11 is 0. The van der Waals surface area contributed by atoms with Crippen molar-refractivity contribution in [2.45, 2.75) is 25.7 Å². The molecule has 4 aromatic rings. The van der Waals surface area contributed by atoms with Gasteiger partial charge in [0, 0.05) is 48.8 Å². The van der Waals surface area contributed by atoms with Gasteiger partial charge >= 0.3 is 0 Å². The number of likely N-dealkylation sites (tertiary alicyclic amines) is 1. The number of aryl methyl sites for hydroxylation is 2. The summed E-state index contributed by atoms with van der Waals surface area (Å²) in [6.45, 7) is 3.64. The zero-order valence-corrected chi connectivity index (χ0v) is 16.3. The van der Waals surface area contributed by atoms with Crippen molar-refractivity contribution < 1.29 is 4.79 Å². The molecule has 3 aromatic heterocycles. The first kappa shape index (κ1) is 17.0. The van der Waals surface area contributed by atoms with Gasteiger partial charge in [-0.05, 0) is 56.2 Å². The van der Waals surface area contributed by atoms with Crippen molar-refractivity contribution >= 4 is 27.8 Å². The molecule has 5 rings (SSSR count). The molecule has 1 N–H and O–H groups in total. The van der Waals surface area contributed by atoms with Gasteiger partial charge in [0.05, 0.1) is 11.0 Å². The number of aromatic nitrogens is 3. The van der Waals surface area contributed by atoms with E-state index in [1.54, 1.807) is 0 Å². The highest BCUT2D eigenvalue weighted by molar-refractivity contribution is 5.99. The maximum Gasteiger partial charge on any atom is 0.270 e. The highest BCUT2D eigenvalue weighted by Crippen LogP contribution is 2.30. The number of pyridine rings is 1. The molecule has 5 heteroatoms. The molecule has 1 aliphatic heterocycles. The van der Waals surface area contributed by atoms with Crippen LogP contribution in [0, 0.1) is 6.92 Å². The molecule has 1 saturated heterocycles. The molecule has 1 aliphatic rings. The molecule has 1 unspecified atom stereocenters. The average molecular weight is 372 g/mol. The number of fused-ring (bicyclic) bond motifs is 2. The first-order chi connectivity index (χ1) is 13.6. The van der Waals surface area contributed by atoms with Gasteiger partial charge in [-0.1, -0.05) is 11.6 Å². The molecular weight excluding hydrogens is 348 g/mol. The number of aromatic amines is 1. The fourth-order valence-corrected chi connectivity index (χ4v) is 4.45.